The summed E-state index contributed by atoms with van der Waals surface area (Å²) in [7, 11) is -1.62. The van der Waals surface area contributed by atoms with E-state index in [1.165, 1.54) is 58.3 Å². The van der Waals surface area contributed by atoms with Gasteiger partial charge in [0.2, 0.25) is 0 Å². The summed E-state index contributed by atoms with van der Waals surface area (Å²) in [5.41, 5.74) is 3.55. The molecule has 1 aliphatic rings. The van der Waals surface area contributed by atoms with Crippen molar-refractivity contribution >= 4 is 22.7 Å². The number of hydrogen-bond donors (Lipinski definition) is 2. The number of benzene rings is 3. The van der Waals surface area contributed by atoms with Crippen molar-refractivity contribution in [2.24, 2.45) is 5.92 Å². The largest absolute Gasteiger partial charge is 0.489 e. The Morgan fingerprint density at radius 2 is 1.34 bits per heavy atom. The lowest BCUT2D eigenvalue weighted by Crippen LogP contribution is -2.41. The maximum absolute atomic E-state index is 12.5. The number of Topliss-reactive ketones (excluding diaryl/α,β-unsaturated/α-hetero) is 1. The van der Waals surface area contributed by atoms with E-state index in [0.29, 0.717) is 22.8 Å². The fourth-order valence-corrected chi connectivity index (χ4v) is 5.73. The minimum atomic E-state index is -1.62. The molecule has 3 aromatic carbocycles. The van der Waals surface area contributed by atoms with Crippen LogP contribution in [0.3, 0.4) is 0 Å². The second-order valence-electron chi connectivity index (χ2n) is 10.9. The first-order valence-corrected chi connectivity index (χ1v) is 15.7. The normalized spacial score (nSPS) is 15.0. The highest BCUT2D eigenvalue weighted by molar-refractivity contribution is 7.83. The van der Waals surface area contributed by atoms with Crippen LogP contribution >= 0.6 is 0 Å². The van der Waals surface area contributed by atoms with Gasteiger partial charge in [0.1, 0.15) is 29.4 Å². The van der Waals surface area contributed by atoms with Crippen LogP contribution in [0.1, 0.15) is 88.1 Å². The smallest absolute Gasteiger partial charge is 0.321 e. The molecule has 0 aliphatic heterocycles. The molecule has 0 saturated heterocycles. The number of rotatable bonds is 10. The first-order valence-electron chi connectivity index (χ1n) is 14.6. The van der Waals surface area contributed by atoms with Crippen molar-refractivity contribution in [1.29, 1.82) is 0 Å². The molecular formula is C34H43NO5S. The van der Waals surface area contributed by atoms with Gasteiger partial charge in [0.25, 0.3) is 0 Å². The van der Waals surface area contributed by atoms with Gasteiger partial charge in [-0.15, -0.1) is 0 Å². The van der Waals surface area contributed by atoms with Crippen LogP contribution in [0.25, 0.3) is 11.1 Å². The standard InChI is InChI=1S/C26H27NO5S.C8H16/c1-17(2)25(26(29)30)27-33(31)24-13-11-21(12-14-24)20-9-7-19(8-10-20)16-32-23-6-4-5-22(15-23)18(3)28;1-2-4-6-8-7-5-3-1/h4-15,17,25,27H,16H2,1-3H3,(H,29,30);1-8H2. The van der Waals surface area contributed by atoms with Crippen molar-refractivity contribution in [3.05, 3.63) is 83.9 Å². The second-order valence-corrected chi connectivity index (χ2v) is 12.1. The van der Waals surface area contributed by atoms with Gasteiger partial charge in [-0.3, -0.25) is 9.59 Å². The fraction of sp³-hybridized carbons (Fsp3) is 0.412. The highest BCUT2D eigenvalue weighted by Gasteiger charge is 2.23. The molecule has 1 saturated carbocycles. The average molecular weight is 578 g/mol. The number of hydrogen-bond acceptors (Lipinski definition) is 4. The third-order valence-corrected chi connectivity index (χ3v) is 8.34. The number of carbonyl (C=O) groups excluding carboxylic acids is 1. The predicted molar refractivity (Wildman–Crippen MR) is 165 cm³/mol. The quantitative estimate of drug-likeness (QED) is 0.238. The van der Waals surface area contributed by atoms with E-state index in [9.17, 15) is 18.9 Å². The molecule has 4 rings (SSSR count). The van der Waals surface area contributed by atoms with Crippen LogP contribution < -0.4 is 9.46 Å². The number of aliphatic carboxylic acids is 1. The lowest BCUT2D eigenvalue weighted by molar-refractivity contribution is -0.140. The Morgan fingerprint density at radius 3 is 1.80 bits per heavy atom. The number of ketones is 1. The minimum absolute atomic E-state index is 0.00272. The van der Waals surface area contributed by atoms with E-state index in [-0.39, 0.29) is 11.7 Å². The zero-order chi connectivity index (χ0) is 29.6. The van der Waals surface area contributed by atoms with Crippen molar-refractivity contribution < 1.29 is 23.6 Å². The summed E-state index contributed by atoms with van der Waals surface area (Å²) in [6, 6.07) is 21.3. The lowest BCUT2D eigenvalue weighted by atomic mass is 10.0. The van der Waals surface area contributed by atoms with Crippen molar-refractivity contribution in [3.8, 4) is 16.9 Å². The molecule has 0 amide bonds. The van der Waals surface area contributed by atoms with E-state index in [4.69, 9.17) is 4.74 Å². The Hall–Kier alpha value is -3.29. The molecule has 2 atom stereocenters. The second kappa shape index (κ2) is 16.8. The fourth-order valence-electron chi connectivity index (χ4n) is 4.61. The molecule has 1 aliphatic carbocycles. The topological polar surface area (TPSA) is 92.7 Å². The Balaban J connectivity index is 0.000000496. The predicted octanol–water partition coefficient (Wildman–Crippen LogP) is 7.98. The lowest BCUT2D eigenvalue weighted by Gasteiger charge is -2.17. The summed E-state index contributed by atoms with van der Waals surface area (Å²) in [6.45, 7) is 5.44. The first kappa shape index (κ1) is 32.2. The molecule has 7 heteroatoms. The zero-order valence-corrected chi connectivity index (χ0v) is 25.3. The van der Waals surface area contributed by atoms with Gasteiger partial charge in [-0.1, -0.05) is 114 Å². The van der Waals surface area contributed by atoms with E-state index < -0.39 is 23.0 Å². The third-order valence-electron chi connectivity index (χ3n) is 7.17. The van der Waals surface area contributed by atoms with Crippen molar-refractivity contribution in [1.82, 2.24) is 4.72 Å². The number of ether oxygens (including phenoxy) is 1. The number of carboxylic acid groups (broad SMARTS) is 1. The summed E-state index contributed by atoms with van der Waals surface area (Å²) in [6.07, 6.45) is 12.0. The Bertz CT molecular complexity index is 1250. The molecule has 2 N–H and O–H groups in total. The summed E-state index contributed by atoms with van der Waals surface area (Å²) in [5.74, 6) is -0.569. The van der Waals surface area contributed by atoms with E-state index in [0.717, 1.165) is 16.7 Å². The van der Waals surface area contributed by atoms with Gasteiger partial charge >= 0.3 is 5.97 Å². The van der Waals surface area contributed by atoms with Gasteiger partial charge in [-0.2, -0.15) is 0 Å². The van der Waals surface area contributed by atoms with Crippen LogP contribution in [-0.4, -0.2) is 27.1 Å². The summed E-state index contributed by atoms with van der Waals surface area (Å²) >= 11 is 0. The van der Waals surface area contributed by atoms with Crippen LogP contribution in [0.2, 0.25) is 0 Å². The number of carboxylic acids is 1. The Morgan fingerprint density at radius 1 is 0.829 bits per heavy atom. The molecule has 0 aromatic heterocycles. The van der Waals surface area contributed by atoms with Crippen LogP contribution in [0.4, 0.5) is 0 Å². The van der Waals surface area contributed by atoms with E-state index in [1.807, 2.05) is 42.5 Å². The average Bonchev–Trinajstić information content (AvgIpc) is 2.95. The van der Waals surface area contributed by atoms with Crippen LogP contribution in [0, 0.1) is 5.92 Å². The molecule has 0 heterocycles. The van der Waals surface area contributed by atoms with Crippen LogP contribution in [-0.2, 0) is 22.4 Å². The first-order chi connectivity index (χ1) is 19.7. The monoisotopic (exact) mass is 577 g/mol. The molecule has 6 nitrogen and oxygen atoms in total. The van der Waals surface area contributed by atoms with Gasteiger partial charge < -0.3 is 9.84 Å². The van der Waals surface area contributed by atoms with Crippen LogP contribution in [0.5, 0.6) is 5.75 Å². The maximum atomic E-state index is 12.5. The van der Waals surface area contributed by atoms with Gasteiger partial charge in [-0.25, -0.2) is 8.93 Å². The maximum Gasteiger partial charge on any atom is 0.321 e. The number of nitrogens with one attached hydrogen (secondary N) is 1. The van der Waals surface area contributed by atoms with Gasteiger partial charge in [0.15, 0.2) is 5.78 Å². The molecule has 0 radical (unpaired) electrons. The summed E-state index contributed by atoms with van der Waals surface area (Å²) in [4.78, 5) is 23.3. The number of carbonyl (C=O) groups is 2. The molecule has 220 valence electrons. The van der Waals surface area contributed by atoms with E-state index in [1.54, 1.807) is 44.2 Å². The van der Waals surface area contributed by atoms with Crippen molar-refractivity contribution in [2.45, 2.75) is 89.7 Å². The highest BCUT2D eigenvalue weighted by Crippen LogP contribution is 2.23. The third kappa shape index (κ3) is 10.9. The SMILES string of the molecule is C1CCCCCCC1.CC(=O)c1cccc(OCc2ccc(-c3ccc(S(=O)NC(C(=O)O)C(C)C)cc3)cc2)c1. The van der Waals surface area contributed by atoms with Gasteiger partial charge in [0.05, 0.1) is 4.90 Å². The highest BCUT2D eigenvalue weighted by atomic mass is 32.2. The Kier molecular flexibility index (Phi) is 13.2. The van der Waals surface area contributed by atoms with Gasteiger partial charge in [-0.05, 0) is 53.8 Å². The molecule has 0 bridgehead atoms. The summed E-state index contributed by atoms with van der Waals surface area (Å²) in [5, 5.41) is 9.27. The summed E-state index contributed by atoms with van der Waals surface area (Å²) < 4.78 is 21.0. The van der Waals surface area contributed by atoms with Gasteiger partial charge in [0, 0.05) is 5.56 Å². The molecule has 41 heavy (non-hydrogen) atoms. The van der Waals surface area contributed by atoms with Crippen LogP contribution in [0.15, 0.2) is 77.7 Å². The van der Waals surface area contributed by atoms with Crippen molar-refractivity contribution in [2.75, 3.05) is 0 Å². The van der Waals surface area contributed by atoms with E-state index >= 15 is 0 Å². The van der Waals surface area contributed by atoms with E-state index in [2.05, 4.69) is 4.72 Å². The molecular weight excluding hydrogens is 534 g/mol. The minimum Gasteiger partial charge on any atom is -0.489 e. The molecule has 0 spiro atoms. The Labute approximate surface area is 247 Å². The van der Waals surface area contributed by atoms with Crippen molar-refractivity contribution in [3.63, 3.8) is 0 Å². The molecule has 2 unspecified atom stereocenters. The molecule has 1 fully saturated rings. The molecule has 3 aromatic rings. The zero-order valence-electron chi connectivity index (χ0n) is 24.4.